The van der Waals surface area contributed by atoms with Crippen LogP contribution in [0.2, 0.25) is 18.6 Å². The second-order valence-corrected chi connectivity index (χ2v) is 23.3. The Morgan fingerprint density at radius 2 is 1.77 bits per heavy atom. The van der Waals surface area contributed by atoms with Crippen molar-refractivity contribution >= 4 is 47.4 Å². The maximum Gasteiger partial charge on any atom is 0.264 e. The van der Waals surface area contributed by atoms with Crippen LogP contribution in [0.15, 0.2) is 133 Å². The SMILES string of the molecule is COc1ccc([Si](C)(C)[C@@H]2[C@@H](CCn3cc(C(CO)c4ccccc4)nn3)O[C@]3(C(=O)N(C/C=C(\C)CCC=C(C)C)c4ccc(NC(=O)Cc5c[nH]c6ccccc56)cc43)[C@H]2C)cc1. The maximum absolute atomic E-state index is 15.6. The Morgan fingerprint density at radius 3 is 2.51 bits per heavy atom. The highest BCUT2D eigenvalue weighted by molar-refractivity contribution is 6.91. The van der Waals surface area contributed by atoms with E-state index in [0.29, 0.717) is 30.9 Å². The minimum absolute atomic E-state index is 0.00776. The molecule has 338 valence electrons. The number of nitrogens with zero attached hydrogens (tertiary/aromatic N) is 4. The second kappa shape index (κ2) is 19.2. The van der Waals surface area contributed by atoms with Crippen LogP contribution in [0.25, 0.3) is 10.9 Å². The van der Waals surface area contributed by atoms with Crippen molar-refractivity contribution in [3.8, 4) is 5.75 Å². The first kappa shape index (κ1) is 45.5. The smallest absolute Gasteiger partial charge is 0.264 e. The van der Waals surface area contributed by atoms with Crippen molar-refractivity contribution in [2.45, 2.75) is 96.2 Å². The fraction of sp³-hybridized carbons (Fsp3) is 0.358. The molecule has 1 unspecified atom stereocenters. The standard InChI is InChI=1S/C53H62N6O5Si/c1-35(2)14-13-15-36(3)26-29-59-48-25-20-40(55-50(61)30-39-32-54-46-19-12-11-18-43(39)46)31-45(48)53(52(59)62)37(4)51(65(6,7)42-23-21-41(63-5)22-24-42)49(64-53)27-28-58-33-47(56-57-58)44(34-60)38-16-9-8-10-17-38/h8-12,14,16-26,31-33,37,44,49,51,54,60H,13,15,27-30,34H2,1-7H3,(H,55,61)/b36-26+/t37-,44?,49+,51-,53+/m0/s1. The fourth-order valence-electron chi connectivity index (χ4n) is 10.3. The number of hydrogen-bond donors (Lipinski definition) is 3. The molecule has 1 fully saturated rings. The van der Waals surface area contributed by atoms with Gasteiger partial charge in [-0.25, -0.2) is 0 Å². The Labute approximate surface area is 383 Å². The summed E-state index contributed by atoms with van der Waals surface area (Å²) >= 11 is 0. The number of amides is 2. The number of para-hydroxylation sites is 1. The van der Waals surface area contributed by atoms with Crippen molar-refractivity contribution in [1.29, 1.82) is 0 Å². The quantitative estimate of drug-likeness (QED) is 0.0614. The summed E-state index contributed by atoms with van der Waals surface area (Å²) in [4.78, 5) is 34.5. The first-order valence-electron chi connectivity index (χ1n) is 22.8. The van der Waals surface area contributed by atoms with Gasteiger partial charge < -0.3 is 29.8 Å². The Balaban J connectivity index is 1.16. The largest absolute Gasteiger partial charge is 0.497 e. The number of nitrogens with one attached hydrogen (secondary N) is 2. The van der Waals surface area contributed by atoms with Gasteiger partial charge in [-0.15, -0.1) is 5.10 Å². The highest BCUT2D eigenvalue weighted by Crippen LogP contribution is 2.60. The third-order valence-electron chi connectivity index (χ3n) is 13.8. The summed E-state index contributed by atoms with van der Waals surface area (Å²) in [6.45, 7) is 14.1. The molecule has 0 bridgehead atoms. The highest BCUT2D eigenvalue weighted by atomic mass is 28.3. The number of carbonyl (C=O) groups is 2. The topological polar surface area (TPSA) is 135 Å². The van der Waals surface area contributed by atoms with Crippen molar-refractivity contribution in [3.05, 3.63) is 155 Å². The molecule has 5 atom stereocenters. The predicted molar refractivity (Wildman–Crippen MR) is 261 cm³/mol. The van der Waals surface area contributed by atoms with Gasteiger partial charge in [-0.3, -0.25) is 14.3 Å². The first-order valence-corrected chi connectivity index (χ1v) is 25.9. The normalized spacial score (nSPS) is 20.1. The summed E-state index contributed by atoms with van der Waals surface area (Å²) in [6, 6.07) is 32.1. The minimum Gasteiger partial charge on any atom is -0.497 e. The number of methoxy groups -OCH3 is 1. The Kier molecular flexibility index (Phi) is 13.4. The summed E-state index contributed by atoms with van der Waals surface area (Å²) in [6.07, 6.45) is 10.5. The summed E-state index contributed by atoms with van der Waals surface area (Å²) in [5.41, 5.74) is 6.94. The van der Waals surface area contributed by atoms with Crippen LogP contribution in [0.4, 0.5) is 11.4 Å². The minimum atomic E-state index is -2.45. The number of aliphatic hydroxyl groups excluding tert-OH is 1. The number of aromatic amines is 1. The van der Waals surface area contributed by atoms with Crippen molar-refractivity contribution in [2.24, 2.45) is 5.92 Å². The van der Waals surface area contributed by atoms with Crippen molar-refractivity contribution in [1.82, 2.24) is 20.0 Å². The molecule has 8 rings (SSSR count). The zero-order chi connectivity index (χ0) is 45.9. The molecule has 3 N–H and O–H groups in total. The zero-order valence-electron chi connectivity index (χ0n) is 38.7. The van der Waals surface area contributed by atoms with E-state index >= 15 is 4.79 Å². The first-order chi connectivity index (χ1) is 31.3. The molecule has 1 saturated heterocycles. The van der Waals surface area contributed by atoms with Gasteiger partial charge in [0.25, 0.3) is 5.91 Å². The van der Waals surface area contributed by atoms with E-state index in [1.54, 1.807) is 7.11 Å². The molecule has 12 heteroatoms. The number of aryl methyl sites for hydroxylation is 1. The van der Waals surface area contributed by atoms with E-state index in [2.05, 4.69) is 85.7 Å². The molecule has 4 heterocycles. The van der Waals surface area contributed by atoms with E-state index in [1.807, 2.05) is 107 Å². The van der Waals surface area contributed by atoms with E-state index in [-0.39, 0.29) is 48.3 Å². The molecule has 2 amide bonds. The number of benzene rings is 4. The van der Waals surface area contributed by atoms with Crippen LogP contribution in [0.5, 0.6) is 5.75 Å². The summed E-state index contributed by atoms with van der Waals surface area (Å²) in [5.74, 6) is 0.0209. The average molecular weight is 891 g/mol. The van der Waals surface area contributed by atoms with Crippen molar-refractivity contribution in [2.75, 3.05) is 30.5 Å². The van der Waals surface area contributed by atoms with Gasteiger partial charge in [-0.05, 0) is 93.1 Å². The van der Waals surface area contributed by atoms with E-state index in [1.165, 1.54) is 16.3 Å². The molecule has 0 radical (unpaired) electrons. The number of aliphatic hydroxyl groups is 1. The van der Waals surface area contributed by atoms with Gasteiger partial charge in [0, 0.05) is 53.6 Å². The molecular formula is C53H62N6O5Si. The summed E-state index contributed by atoms with van der Waals surface area (Å²) < 4.78 is 14.9. The highest BCUT2D eigenvalue weighted by Gasteiger charge is 2.66. The molecule has 0 saturated carbocycles. The van der Waals surface area contributed by atoms with Gasteiger partial charge in [-0.2, -0.15) is 0 Å². The number of rotatable bonds is 17. The van der Waals surface area contributed by atoms with Crippen molar-refractivity contribution < 1.29 is 24.2 Å². The van der Waals surface area contributed by atoms with Gasteiger partial charge in [-0.1, -0.05) is 114 Å². The third kappa shape index (κ3) is 9.12. The molecule has 2 aromatic heterocycles. The van der Waals surface area contributed by atoms with Crippen LogP contribution in [-0.2, 0) is 32.9 Å². The maximum atomic E-state index is 15.6. The van der Waals surface area contributed by atoms with E-state index in [9.17, 15) is 9.90 Å². The Hall–Kier alpha value is -6.08. The van der Waals surface area contributed by atoms with Crippen LogP contribution in [0, 0.1) is 5.92 Å². The zero-order valence-corrected chi connectivity index (χ0v) is 39.7. The van der Waals surface area contributed by atoms with Gasteiger partial charge >= 0.3 is 0 Å². The summed E-state index contributed by atoms with van der Waals surface area (Å²) in [5, 5.41) is 24.9. The molecule has 65 heavy (non-hydrogen) atoms. The predicted octanol–water partition coefficient (Wildman–Crippen LogP) is 9.42. The molecule has 0 aliphatic carbocycles. The molecule has 6 aromatic rings. The van der Waals surface area contributed by atoms with Crippen LogP contribution in [-0.4, -0.2) is 71.3 Å². The number of aromatic nitrogens is 4. The van der Waals surface area contributed by atoms with Crippen molar-refractivity contribution in [3.63, 3.8) is 0 Å². The molecule has 11 nitrogen and oxygen atoms in total. The number of H-pyrrole nitrogens is 1. The average Bonchev–Trinajstić information content (AvgIpc) is 4.06. The molecule has 4 aromatic carbocycles. The van der Waals surface area contributed by atoms with Gasteiger partial charge in [0.1, 0.15) is 5.75 Å². The van der Waals surface area contributed by atoms with E-state index in [4.69, 9.17) is 9.47 Å². The molecule has 2 aliphatic rings. The lowest BCUT2D eigenvalue weighted by molar-refractivity contribution is -0.145. The summed E-state index contributed by atoms with van der Waals surface area (Å²) in [7, 11) is -0.778. The molecule has 2 aliphatic heterocycles. The molecular weight excluding hydrogens is 829 g/mol. The monoisotopic (exact) mass is 890 g/mol. The Bertz CT molecular complexity index is 2700. The Morgan fingerprint density at radius 1 is 1.02 bits per heavy atom. The number of carbonyl (C=O) groups excluding carboxylic acids is 2. The second-order valence-electron chi connectivity index (χ2n) is 18.6. The third-order valence-corrected chi connectivity index (χ3v) is 18.2. The lowest BCUT2D eigenvalue weighted by Gasteiger charge is -2.37. The molecule has 1 spiro atoms. The van der Waals surface area contributed by atoms with E-state index < -0.39 is 13.7 Å². The van der Waals surface area contributed by atoms with Crippen LogP contribution >= 0.6 is 0 Å². The van der Waals surface area contributed by atoms with Crippen LogP contribution in [0.3, 0.4) is 0 Å². The lowest BCUT2D eigenvalue weighted by Crippen LogP contribution is -2.52. The number of anilines is 2. The van der Waals surface area contributed by atoms with E-state index in [0.717, 1.165) is 51.9 Å². The van der Waals surface area contributed by atoms with Crippen LogP contribution in [0.1, 0.15) is 75.3 Å². The van der Waals surface area contributed by atoms with Gasteiger partial charge in [0.2, 0.25) is 5.91 Å². The van der Waals surface area contributed by atoms with Gasteiger partial charge in [0.05, 0.1) is 51.6 Å². The lowest BCUT2D eigenvalue weighted by atomic mass is 9.82. The van der Waals surface area contributed by atoms with Crippen LogP contribution < -0.4 is 20.1 Å². The number of fused-ring (bicyclic) bond motifs is 3. The number of allylic oxidation sites excluding steroid dienone is 3. The van der Waals surface area contributed by atoms with Gasteiger partial charge in [0.15, 0.2) is 5.60 Å². The fourth-order valence-corrected chi connectivity index (χ4v) is 14.4. The number of ether oxygens (including phenoxy) is 2. The number of hydrogen-bond acceptors (Lipinski definition) is 7.